The second-order valence-corrected chi connectivity index (χ2v) is 5.98. The molecule has 0 aliphatic carbocycles. The smallest absolute Gasteiger partial charge is 0.134 e. The molecule has 0 fully saturated rings. The third kappa shape index (κ3) is 5.99. The van der Waals surface area contributed by atoms with Crippen molar-refractivity contribution in [3.63, 3.8) is 0 Å². The molecule has 0 saturated heterocycles. The normalized spacial score (nSPS) is 11.3. The van der Waals surface area contributed by atoms with Crippen LogP contribution in [0, 0.1) is 0 Å². The molecule has 0 unspecified atom stereocenters. The lowest BCUT2D eigenvalue weighted by Crippen LogP contribution is -2.24. The Balaban J connectivity index is 0.00000242. The van der Waals surface area contributed by atoms with Crippen LogP contribution in [-0.4, -0.2) is 43.5 Å². The van der Waals surface area contributed by atoms with Crippen LogP contribution in [0.5, 0.6) is 0 Å². The number of unbranched alkanes of at least 4 members (excludes halogenated alkanes) is 2. The summed E-state index contributed by atoms with van der Waals surface area (Å²) in [5.74, 6) is 1.08. The van der Waals surface area contributed by atoms with Gasteiger partial charge in [-0.2, -0.15) is 0 Å². The first kappa shape index (κ1) is 19.0. The number of fused-ring (bicyclic) bond motifs is 1. The molecular formula is C18H29ClN2O. The lowest BCUT2D eigenvalue weighted by atomic mass is 10.2. The summed E-state index contributed by atoms with van der Waals surface area (Å²) in [5.41, 5.74) is 0.995. The first-order valence-electron chi connectivity index (χ1n) is 8.03. The van der Waals surface area contributed by atoms with E-state index < -0.39 is 0 Å². The second-order valence-electron chi connectivity index (χ2n) is 5.98. The topological polar surface area (TPSA) is 19.6 Å². The van der Waals surface area contributed by atoms with Gasteiger partial charge in [-0.05, 0) is 58.7 Å². The van der Waals surface area contributed by atoms with E-state index in [1.807, 2.05) is 12.1 Å². The van der Waals surface area contributed by atoms with E-state index in [4.69, 9.17) is 4.42 Å². The molecule has 0 radical (unpaired) electrons. The molecule has 1 aromatic heterocycles. The monoisotopic (exact) mass is 324 g/mol. The minimum atomic E-state index is 0. The number of hydrogen-bond donors (Lipinski definition) is 0. The van der Waals surface area contributed by atoms with Gasteiger partial charge in [0, 0.05) is 5.39 Å². The van der Waals surface area contributed by atoms with E-state index in [1.165, 1.54) is 31.2 Å². The van der Waals surface area contributed by atoms with Crippen LogP contribution >= 0.6 is 12.4 Å². The first-order valence-corrected chi connectivity index (χ1v) is 8.03. The van der Waals surface area contributed by atoms with Gasteiger partial charge in [0.2, 0.25) is 0 Å². The zero-order chi connectivity index (χ0) is 15.1. The molecule has 2 rings (SSSR count). The molecule has 124 valence electrons. The number of benzene rings is 1. The zero-order valence-electron chi connectivity index (χ0n) is 14.0. The van der Waals surface area contributed by atoms with Crippen molar-refractivity contribution >= 4 is 23.4 Å². The number of para-hydroxylation sites is 1. The van der Waals surface area contributed by atoms with Crippen molar-refractivity contribution in [2.24, 2.45) is 0 Å². The van der Waals surface area contributed by atoms with E-state index in [0.717, 1.165) is 31.0 Å². The maximum absolute atomic E-state index is 5.91. The van der Waals surface area contributed by atoms with Gasteiger partial charge in [0.05, 0.1) is 6.54 Å². The van der Waals surface area contributed by atoms with E-state index >= 15 is 0 Å². The van der Waals surface area contributed by atoms with Crippen molar-refractivity contribution in [3.8, 4) is 0 Å². The number of rotatable bonds is 9. The fraction of sp³-hybridized carbons (Fsp3) is 0.556. The quantitative estimate of drug-likeness (QED) is 0.637. The van der Waals surface area contributed by atoms with E-state index in [9.17, 15) is 0 Å². The van der Waals surface area contributed by atoms with Crippen molar-refractivity contribution in [2.75, 3.05) is 33.7 Å². The first-order chi connectivity index (χ1) is 10.2. The van der Waals surface area contributed by atoms with Crippen molar-refractivity contribution in [3.05, 3.63) is 36.1 Å². The Kier molecular flexibility index (Phi) is 8.54. The number of furan rings is 1. The van der Waals surface area contributed by atoms with Gasteiger partial charge in [-0.3, -0.25) is 4.90 Å². The van der Waals surface area contributed by atoms with Crippen LogP contribution in [0.1, 0.15) is 31.9 Å². The van der Waals surface area contributed by atoms with Crippen LogP contribution in [0.3, 0.4) is 0 Å². The maximum atomic E-state index is 5.91. The molecule has 1 aromatic carbocycles. The number of halogens is 1. The van der Waals surface area contributed by atoms with E-state index in [1.54, 1.807) is 0 Å². The fourth-order valence-electron chi connectivity index (χ4n) is 2.62. The molecule has 0 amide bonds. The van der Waals surface area contributed by atoms with Gasteiger partial charge in [0.15, 0.2) is 0 Å². The standard InChI is InChI=1S/C18H28N2O.ClH/c1-4-20(13-9-5-8-12-19(2)3)15-17-14-16-10-6-7-11-18(16)21-17;/h6-7,10-11,14H,4-5,8-9,12-13,15H2,1-3H3;1H. The van der Waals surface area contributed by atoms with Crippen LogP contribution in [0.4, 0.5) is 0 Å². The predicted octanol–water partition coefficient (Wildman–Crippen LogP) is 4.41. The third-order valence-corrected chi connectivity index (χ3v) is 3.88. The molecule has 3 nitrogen and oxygen atoms in total. The highest BCUT2D eigenvalue weighted by molar-refractivity contribution is 5.85. The van der Waals surface area contributed by atoms with Gasteiger partial charge in [0.25, 0.3) is 0 Å². The highest BCUT2D eigenvalue weighted by atomic mass is 35.5. The number of hydrogen-bond acceptors (Lipinski definition) is 3. The molecule has 0 bridgehead atoms. The Morgan fingerprint density at radius 2 is 1.73 bits per heavy atom. The van der Waals surface area contributed by atoms with Gasteiger partial charge >= 0.3 is 0 Å². The van der Waals surface area contributed by atoms with Crippen molar-refractivity contribution < 1.29 is 4.42 Å². The van der Waals surface area contributed by atoms with Crippen LogP contribution < -0.4 is 0 Å². The van der Waals surface area contributed by atoms with Crippen LogP contribution in [0.25, 0.3) is 11.0 Å². The highest BCUT2D eigenvalue weighted by Gasteiger charge is 2.08. The largest absolute Gasteiger partial charge is 0.460 e. The van der Waals surface area contributed by atoms with Crippen LogP contribution in [-0.2, 0) is 6.54 Å². The molecule has 0 N–H and O–H groups in total. The summed E-state index contributed by atoms with van der Waals surface area (Å²) in [5, 5.41) is 1.20. The highest BCUT2D eigenvalue weighted by Crippen LogP contribution is 2.20. The predicted molar refractivity (Wildman–Crippen MR) is 96.8 cm³/mol. The Hall–Kier alpha value is -1.03. The van der Waals surface area contributed by atoms with Crippen LogP contribution in [0.2, 0.25) is 0 Å². The summed E-state index contributed by atoms with van der Waals surface area (Å²) < 4.78 is 5.91. The summed E-state index contributed by atoms with van der Waals surface area (Å²) in [6, 6.07) is 10.4. The minimum absolute atomic E-state index is 0. The summed E-state index contributed by atoms with van der Waals surface area (Å²) in [6.45, 7) is 6.56. The molecule has 0 saturated carbocycles. The fourth-order valence-corrected chi connectivity index (χ4v) is 2.62. The number of nitrogens with zero attached hydrogens (tertiary/aromatic N) is 2. The van der Waals surface area contributed by atoms with Crippen molar-refractivity contribution in [1.82, 2.24) is 9.80 Å². The second kappa shape index (κ2) is 9.88. The molecular weight excluding hydrogens is 296 g/mol. The lowest BCUT2D eigenvalue weighted by molar-refractivity contribution is 0.251. The lowest BCUT2D eigenvalue weighted by Gasteiger charge is -2.19. The average Bonchev–Trinajstić information content (AvgIpc) is 2.87. The van der Waals surface area contributed by atoms with E-state index in [2.05, 4.69) is 49.0 Å². The molecule has 0 spiro atoms. The SMILES string of the molecule is CCN(CCCCCN(C)C)Cc1cc2ccccc2o1.Cl. The summed E-state index contributed by atoms with van der Waals surface area (Å²) >= 11 is 0. The van der Waals surface area contributed by atoms with E-state index in [0.29, 0.717) is 0 Å². The van der Waals surface area contributed by atoms with Gasteiger partial charge in [-0.25, -0.2) is 0 Å². The van der Waals surface area contributed by atoms with Gasteiger partial charge < -0.3 is 9.32 Å². The molecule has 2 aromatic rings. The van der Waals surface area contributed by atoms with Gasteiger partial charge in [-0.1, -0.05) is 31.5 Å². The van der Waals surface area contributed by atoms with Crippen molar-refractivity contribution in [2.45, 2.75) is 32.7 Å². The summed E-state index contributed by atoms with van der Waals surface area (Å²) in [6.07, 6.45) is 3.85. The molecule has 22 heavy (non-hydrogen) atoms. The summed E-state index contributed by atoms with van der Waals surface area (Å²) in [7, 11) is 4.28. The Bertz CT molecular complexity index is 506. The van der Waals surface area contributed by atoms with Gasteiger partial charge in [0.1, 0.15) is 11.3 Å². The van der Waals surface area contributed by atoms with E-state index in [-0.39, 0.29) is 12.4 Å². The Morgan fingerprint density at radius 3 is 2.41 bits per heavy atom. The molecule has 0 aliphatic rings. The Morgan fingerprint density at radius 1 is 1.00 bits per heavy atom. The Labute approximate surface area is 140 Å². The molecule has 0 aliphatic heterocycles. The average molecular weight is 325 g/mol. The van der Waals surface area contributed by atoms with Crippen molar-refractivity contribution in [1.29, 1.82) is 0 Å². The summed E-state index contributed by atoms with van der Waals surface area (Å²) in [4.78, 5) is 4.72. The maximum Gasteiger partial charge on any atom is 0.134 e. The molecule has 4 heteroatoms. The van der Waals surface area contributed by atoms with Crippen LogP contribution in [0.15, 0.2) is 34.7 Å². The molecule has 0 atom stereocenters. The third-order valence-electron chi connectivity index (χ3n) is 3.88. The zero-order valence-corrected chi connectivity index (χ0v) is 14.9. The minimum Gasteiger partial charge on any atom is -0.460 e. The van der Waals surface area contributed by atoms with Gasteiger partial charge in [-0.15, -0.1) is 12.4 Å². The molecule has 1 heterocycles.